The molecule has 0 spiro atoms. The van der Waals surface area contributed by atoms with E-state index in [0.29, 0.717) is 11.1 Å². The molecule has 35 heavy (non-hydrogen) atoms. The second kappa shape index (κ2) is 7.53. The number of hydrogen-bond acceptors (Lipinski definition) is 2. The van der Waals surface area contributed by atoms with Crippen molar-refractivity contribution in [3.63, 3.8) is 0 Å². The van der Waals surface area contributed by atoms with Crippen LogP contribution in [0.15, 0.2) is 79.0 Å². The molecule has 2 heterocycles. The molecule has 0 saturated carbocycles. The first-order valence-electron chi connectivity index (χ1n) is 11.5. The van der Waals surface area contributed by atoms with Gasteiger partial charge in [-0.3, -0.25) is 4.98 Å². The van der Waals surface area contributed by atoms with Crippen LogP contribution in [0.4, 0.5) is 13.2 Å². The average Bonchev–Trinajstić information content (AvgIpc) is 3.20. The van der Waals surface area contributed by atoms with Crippen LogP contribution in [0.3, 0.4) is 0 Å². The van der Waals surface area contributed by atoms with E-state index in [1.54, 1.807) is 6.07 Å². The molecule has 174 valence electrons. The Morgan fingerprint density at radius 3 is 2.14 bits per heavy atom. The molecule has 0 N–H and O–H groups in total. The van der Waals surface area contributed by atoms with Gasteiger partial charge in [-0.2, -0.15) is 13.2 Å². The SMILES string of the molecule is CC(C)(C)c1cc(-c2ncc(C(F)(F)F)c3ccc4c5ccccc5sc4c23)cc2ccccc12. The number of aromatic nitrogens is 1. The fourth-order valence-corrected chi connectivity index (χ4v) is 6.28. The Morgan fingerprint density at radius 2 is 1.40 bits per heavy atom. The van der Waals surface area contributed by atoms with Gasteiger partial charge in [0.15, 0.2) is 0 Å². The minimum atomic E-state index is -4.49. The molecule has 2 aromatic heterocycles. The van der Waals surface area contributed by atoms with Crippen molar-refractivity contribution >= 4 is 53.1 Å². The molecule has 6 rings (SSSR count). The molecular weight excluding hydrogens is 463 g/mol. The summed E-state index contributed by atoms with van der Waals surface area (Å²) in [6.45, 7) is 6.46. The molecule has 0 aliphatic rings. The Morgan fingerprint density at radius 1 is 0.714 bits per heavy atom. The monoisotopic (exact) mass is 485 g/mol. The minimum Gasteiger partial charge on any atom is -0.255 e. The number of benzene rings is 4. The molecule has 0 atom stereocenters. The fourth-order valence-electron chi connectivity index (χ4n) is 5.02. The first-order valence-corrected chi connectivity index (χ1v) is 12.3. The summed E-state index contributed by atoms with van der Waals surface area (Å²) in [5.41, 5.74) is 1.71. The molecule has 5 heteroatoms. The van der Waals surface area contributed by atoms with Crippen molar-refractivity contribution in [2.45, 2.75) is 32.4 Å². The first kappa shape index (κ1) is 22.1. The van der Waals surface area contributed by atoms with Crippen LogP contribution >= 0.6 is 11.3 Å². The fraction of sp³-hybridized carbons (Fsp3) is 0.167. The molecule has 0 amide bonds. The van der Waals surface area contributed by atoms with Gasteiger partial charge in [-0.05, 0) is 45.3 Å². The van der Waals surface area contributed by atoms with Crippen LogP contribution in [0, 0.1) is 0 Å². The summed E-state index contributed by atoms with van der Waals surface area (Å²) in [4.78, 5) is 4.48. The van der Waals surface area contributed by atoms with Gasteiger partial charge < -0.3 is 0 Å². The van der Waals surface area contributed by atoms with Gasteiger partial charge in [-0.15, -0.1) is 11.3 Å². The number of halogens is 3. The number of nitrogens with zero attached hydrogens (tertiary/aromatic N) is 1. The number of thiophene rings is 1. The van der Waals surface area contributed by atoms with Crippen molar-refractivity contribution < 1.29 is 13.2 Å². The van der Waals surface area contributed by atoms with Gasteiger partial charge in [0.05, 0.1) is 11.3 Å². The number of pyridine rings is 1. The summed E-state index contributed by atoms with van der Waals surface area (Å²) in [6, 6.07) is 23.7. The van der Waals surface area contributed by atoms with E-state index >= 15 is 0 Å². The normalized spacial score (nSPS) is 12.9. The summed E-state index contributed by atoms with van der Waals surface area (Å²) in [5.74, 6) is 0. The summed E-state index contributed by atoms with van der Waals surface area (Å²) in [5, 5.41) is 4.95. The van der Waals surface area contributed by atoms with Gasteiger partial charge in [0.25, 0.3) is 0 Å². The summed E-state index contributed by atoms with van der Waals surface area (Å²) in [6.07, 6.45) is -3.50. The zero-order valence-electron chi connectivity index (χ0n) is 19.5. The molecule has 0 saturated heterocycles. The third kappa shape index (κ3) is 3.49. The molecule has 0 aliphatic heterocycles. The van der Waals surface area contributed by atoms with Crippen LogP contribution in [0.5, 0.6) is 0 Å². The molecule has 6 aromatic rings. The lowest BCUT2D eigenvalue weighted by molar-refractivity contribution is -0.136. The lowest BCUT2D eigenvalue weighted by Gasteiger charge is -2.23. The third-order valence-corrected chi connectivity index (χ3v) is 7.85. The van der Waals surface area contributed by atoms with Crippen LogP contribution in [0.2, 0.25) is 0 Å². The molecule has 1 nitrogen and oxygen atoms in total. The van der Waals surface area contributed by atoms with Crippen molar-refractivity contribution in [3.8, 4) is 11.3 Å². The largest absolute Gasteiger partial charge is 0.418 e. The van der Waals surface area contributed by atoms with E-state index in [2.05, 4.69) is 44.0 Å². The lowest BCUT2D eigenvalue weighted by atomic mass is 9.82. The molecule has 0 bridgehead atoms. The van der Waals surface area contributed by atoms with E-state index in [-0.39, 0.29) is 10.8 Å². The van der Waals surface area contributed by atoms with Crippen molar-refractivity contribution in [1.82, 2.24) is 4.98 Å². The molecule has 0 aliphatic carbocycles. The smallest absolute Gasteiger partial charge is 0.255 e. The average molecular weight is 486 g/mol. The van der Waals surface area contributed by atoms with Gasteiger partial charge >= 0.3 is 6.18 Å². The number of hydrogen-bond donors (Lipinski definition) is 0. The Balaban J connectivity index is 1.79. The van der Waals surface area contributed by atoms with E-state index in [9.17, 15) is 13.2 Å². The Hall–Kier alpha value is -3.44. The molecule has 0 unspecified atom stereocenters. The van der Waals surface area contributed by atoms with E-state index in [0.717, 1.165) is 48.3 Å². The van der Waals surface area contributed by atoms with Crippen LogP contribution in [-0.4, -0.2) is 4.98 Å². The van der Waals surface area contributed by atoms with Gasteiger partial charge in [-0.25, -0.2) is 0 Å². The maximum absolute atomic E-state index is 14.0. The topological polar surface area (TPSA) is 12.9 Å². The second-order valence-corrected chi connectivity index (χ2v) is 11.0. The highest BCUT2D eigenvalue weighted by Crippen LogP contribution is 2.46. The van der Waals surface area contributed by atoms with Gasteiger partial charge in [-0.1, -0.05) is 75.4 Å². The van der Waals surface area contributed by atoms with E-state index in [4.69, 9.17) is 0 Å². The molecule has 0 radical (unpaired) electrons. The van der Waals surface area contributed by atoms with Crippen molar-refractivity contribution in [2.75, 3.05) is 0 Å². The summed E-state index contributed by atoms with van der Waals surface area (Å²) < 4.78 is 44.0. The van der Waals surface area contributed by atoms with Crippen molar-refractivity contribution in [3.05, 3.63) is 90.1 Å². The van der Waals surface area contributed by atoms with Crippen molar-refractivity contribution in [2.24, 2.45) is 0 Å². The van der Waals surface area contributed by atoms with Crippen LogP contribution in [0.1, 0.15) is 31.9 Å². The Labute approximate surface area is 204 Å². The summed E-state index contributed by atoms with van der Waals surface area (Å²) in [7, 11) is 0. The number of fused-ring (bicyclic) bond motifs is 6. The van der Waals surface area contributed by atoms with Crippen LogP contribution < -0.4 is 0 Å². The van der Waals surface area contributed by atoms with Gasteiger partial charge in [0, 0.05) is 37.3 Å². The standard InChI is InChI=1S/C30H22F3NS/c1-29(2,3)23-15-18(14-17-8-4-5-9-19(17)23)27-26-22(24(16-34-27)30(31,32)33)13-12-21-20-10-6-7-11-25(20)35-28(21)26/h4-16H,1-3H3. The van der Waals surface area contributed by atoms with E-state index in [1.807, 2.05) is 48.5 Å². The molecule has 0 fully saturated rings. The minimum absolute atomic E-state index is 0.149. The zero-order valence-corrected chi connectivity index (χ0v) is 20.3. The maximum atomic E-state index is 14.0. The van der Waals surface area contributed by atoms with E-state index in [1.165, 1.54) is 11.3 Å². The number of rotatable bonds is 1. The maximum Gasteiger partial charge on any atom is 0.418 e. The van der Waals surface area contributed by atoms with Gasteiger partial charge in [0.2, 0.25) is 0 Å². The quantitative estimate of drug-likeness (QED) is 0.226. The third-order valence-electron chi connectivity index (χ3n) is 6.65. The Bertz CT molecular complexity index is 1770. The van der Waals surface area contributed by atoms with Crippen LogP contribution in [-0.2, 0) is 11.6 Å². The molecular formula is C30H22F3NS. The second-order valence-electron chi connectivity index (χ2n) is 9.98. The number of alkyl halides is 3. The van der Waals surface area contributed by atoms with Crippen LogP contribution in [0.25, 0.3) is 53.0 Å². The lowest BCUT2D eigenvalue weighted by Crippen LogP contribution is -2.12. The van der Waals surface area contributed by atoms with Gasteiger partial charge in [0.1, 0.15) is 0 Å². The Kier molecular flexibility index (Phi) is 4.74. The van der Waals surface area contributed by atoms with E-state index < -0.39 is 11.7 Å². The predicted octanol–water partition coefficient (Wildman–Crippen LogP) is 9.74. The summed E-state index contributed by atoms with van der Waals surface area (Å²) >= 11 is 1.53. The predicted molar refractivity (Wildman–Crippen MR) is 141 cm³/mol. The molecule has 4 aromatic carbocycles. The van der Waals surface area contributed by atoms with Crippen molar-refractivity contribution in [1.29, 1.82) is 0 Å². The zero-order chi connectivity index (χ0) is 24.5. The highest BCUT2D eigenvalue weighted by molar-refractivity contribution is 7.26. The first-order chi connectivity index (χ1) is 16.6. The highest BCUT2D eigenvalue weighted by Gasteiger charge is 2.34. The highest BCUT2D eigenvalue weighted by atomic mass is 32.1.